The summed E-state index contributed by atoms with van der Waals surface area (Å²) in [5.74, 6) is 0.0609. The Hall–Kier alpha value is -1.36. The van der Waals surface area contributed by atoms with Gasteiger partial charge in [-0.15, -0.1) is 0 Å². The van der Waals surface area contributed by atoms with Gasteiger partial charge in [0.25, 0.3) is 0 Å². The summed E-state index contributed by atoms with van der Waals surface area (Å²) < 4.78 is 1.84. The van der Waals surface area contributed by atoms with Crippen molar-refractivity contribution in [2.45, 2.75) is 51.6 Å². The second kappa shape index (κ2) is 5.10. The van der Waals surface area contributed by atoms with Crippen LogP contribution in [0.1, 0.15) is 46.1 Å². The molecule has 0 saturated carbocycles. The molecule has 1 aromatic heterocycles. The fourth-order valence-corrected chi connectivity index (χ4v) is 2.40. The van der Waals surface area contributed by atoms with Crippen molar-refractivity contribution < 1.29 is 4.79 Å². The predicted molar refractivity (Wildman–Crippen MR) is 71.5 cm³/mol. The van der Waals surface area contributed by atoms with Crippen molar-refractivity contribution in [1.29, 1.82) is 0 Å². The fraction of sp³-hybridized carbons (Fsp3) is 0.692. The van der Waals surface area contributed by atoms with Crippen LogP contribution in [-0.2, 0) is 4.79 Å². The quantitative estimate of drug-likeness (QED) is 0.858. The number of hydrogen-bond donors (Lipinski definition) is 2. The van der Waals surface area contributed by atoms with Crippen LogP contribution in [0.2, 0.25) is 0 Å². The first kappa shape index (κ1) is 13.1. The second-order valence-electron chi connectivity index (χ2n) is 5.22. The highest BCUT2D eigenvalue weighted by Gasteiger charge is 2.39. The van der Waals surface area contributed by atoms with E-state index in [4.69, 9.17) is 0 Å². The average molecular weight is 250 g/mol. The van der Waals surface area contributed by atoms with Crippen molar-refractivity contribution in [1.82, 2.24) is 15.1 Å². The third-order valence-electron chi connectivity index (χ3n) is 3.67. The Morgan fingerprint density at radius 1 is 1.67 bits per heavy atom. The zero-order valence-corrected chi connectivity index (χ0v) is 11.4. The van der Waals surface area contributed by atoms with E-state index in [2.05, 4.69) is 36.5 Å². The third kappa shape index (κ3) is 2.41. The molecule has 1 unspecified atom stereocenters. The summed E-state index contributed by atoms with van der Waals surface area (Å²) >= 11 is 0. The molecule has 18 heavy (non-hydrogen) atoms. The minimum absolute atomic E-state index is 0.0609. The molecule has 2 N–H and O–H groups in total. The largest absolute Gasteiger partial charge is 0.322 e. The van der Waals surface area contributed by atoms with E-state index in [1.54, 1.807) is 6.20 Å². The van der Waals surface area contributed by atoms with E-state index < -0.39 is 0 Å². The monoisotopic (exact) mass is 250 g/mol. The Labute approximate surface area is 108 Å². The summed E-state index contributed by atoms with van der Waals surface area (Å²) in [6.45, 7) is 7.09. The van der Waals surface area contributed by atoms with E-state index in [9.17, 15) is 4.79 Å². The van der Waals surface area contributed by atoms with Gasteiger partial charge >= 0.3 is 0 Å². The lowest BCUT2D eigenvalue weighted by Gasteiger charge is -2.26. The van der Waals surface area contributed by atoms with Crippen molar-refractivity contribution in [2.24, 2.45) is 0 Å². The van der Waals surface area contributed by atoms with Crippen LogP contribution in [-0.4, -0.2) is 27.8 Å². The maximum Gasteiger partial charge on any atom is 0.244 e. The van der Waals surface area contributed by atoms with Gasteiger partial charge in [-0.2, -0.15) is 5.10 Å². The molecule has 0 radical (unpaired) electrons. The van der Waals surface area contributed by atoms with Crippen molar-refractivity contribution in [3.05, 3.63) is 12.4 Å². The Morgan fingerprint density at radius 2 is 2.44 bits per heavy atom. The zero-order valence-electron chi connectivity index (χ0n) is 11.4. The number of hydrogen-bond acceptors (Lipinski definition) is 3. The van der Waals surface area contributed by atoms with Gasteiger partial charge in [0.2, 0.25) is 5.91 Å². The SMILES string of the molecule is CCC1(C(=O)Nc2cnn(C(C)C)c2)CCCN1. The lowest BCUT2D eigenvalue weighted by molar-refractivity contribution is -0.122. The highest BCUT2D eigenvalue weighted by Crippen LogP contribution is 2.24. The highest BCUT2D eigenvalue weighted by atomic mass is 16.2. The van der Waals surface area contributed by atoms with Gasteiger partial charge in [-0.25, -0.2) is 0 Å². The number of anilines is 1. The highest BCUT2D eigenvalue weighted by molar-refractivity contribution is 5.98. The molecule has 1 aliphatic rings. The summed E-state index contributed by atoms with van der Waals surface area (Å²) in [5, 5.41) is 10.5. The smallest absolute Gasteiger partial charge is 0.244 e. The molecule has 1 aromatic rings. The van der Waals surface area contributed by atoms with Crippen LogP contribution in [0, 0.1) is 0 Å². The van der Waals surface area contributed by atoms with Gasteiger partial charge in [-0.3, -0.25) is 9.48 Å². The van der Waals surface area contributed by atoms with Gasteiger partial charge in [-0.1, -0.05) is 6.92 Å². The van der Waals surface area contributed by atoms with Crippen molar-refractivity contribution in [3.63, 3.8) is 0 Å². The molecule has 0 spiro atoms. The van der Waals surface area contributed by atoms with Crippen LogP contribution < -0.4 is 10.6 Å². The van der Waals surface area contributed by atoms with Crippen LogP contribution in [0.3, 0.4) is 0 Å². The molecular formula is C13H22N4O. The van der Waals surface area contributed by atoms with Crippen LogP contribution in [0.25, 0.3) is 0 Å². The second-order valence-corrected chi connectivity index (χ2v) is 5.22. The van der Waals surface area contributed by atoms with E-state index in [1.807, 2.05) is 10.9 Å². The van der Waals surface area contributed by atoms with Crippen molar-refractivity contribution in [2.75, 3.05) is 11.9 Å². The lowest BCUT2D eigenvalue weighted by Crippen LogP contribution is -2.50. The van der Waals surface area contributed by atoms with Gasteiger partial charge in [0.1, 0.15) is 0 Å². The molecule has 1 atom stereocenters. The molecule has 0 aromatic carbocycles. The van der Waals surface area contributed by atoms with Gasteiger partial charge in [0.05, 0.1) is 17.4 Å². The summed E-state index contributed by atoms with van der Waals surface area (Å²) in [5.41, 5.74) is 0.384. The van der Waals surface area contributed by atoms with Crippen molar-refractivity contribution in [3.8, 4) is 0 Å². The number of carbonyl (C=O) groups is 1. The van der Waals surface area contributed by atoms with Gasteiger partial charge in [0.15, 0.2) is 0 Å². The fourth-order valence-electron chi connectivity index (χ4n) is 2.40. The van der Waals surface area contributed by atoms with Gasteiger partial charge < -0.3 is 10.6 Å². The van der Waals surface area contributed by atoms with Gasteiger partial charge in [0, 0.05) is 12.2 Å². The molecule has 0 aliphatic carbocycles. The lowest BCUT2D eigenvalue weighted by atomic mass is 9.93. The van der Waals surface area contributed by atoms with Gasteiger partial charge in [-0.05, 0) is 39.7 Å². The van der Waals surface area contributed by atoms with Crippen LogP contribution in [0.5, 0.6) is 0 Å². The Kier molecular flexibility index (Phi) is 3.71. The topological polar surface area (TPSA) is 59.0 Å². The number of amides is 1. The van der Waals surface area contributed by atoms with E-state index in [1.165, 1.54) is 0 Å². The number of carbonyl (C=O) groups excluding carboxylic acids is 1. The molecule has 0 bridgehead atoms. The standard InChI is InChI=1S/C13H22N4O/c1-4-13(6-5-7-14-13)12(18)16-11-8-15-17(9-11)10(2)3/h8-10,14H,4-7H2,1-3H3,(H,16,18). The van der Waals surface area contributed by atoms with E-state index >= 15 is 0 Å². The number of nitrogens with zero attached hydrogens (tertiary/aromatic N) is 2. The van der Waals surface area contributed by atoms with Crippen LogP contribution in [0.15, 0.2) is 12.4 Å². The molecule has 5 nitrogen and oxygen atoms in total. The Bertz CT molecular complexity index is 418. The summed E-state index contributed by atoms with van der Waals surface area (Å²) in [7, 11) is 0. The normalized spacial score (nSPS) is 23.6. The average Bonchev–Trinajstić information content (AvgIpc) is 2.97. The van der Waals surface area contributed by atoms with E-state index in [0.29, 0.717) is 6.04 Å². The molecule has 5 heteroatoms. The molecule has 1 saturated heterocycles. The molecule has 2 heterocycles. The van der Waals surface area contributed by atoms with Crippen molar-refractivity contribution >= 4 is 11.6 Å². The zero-order chi connectivity index (χ0) is 13.2. The molecule has 2 rings (SSSR count). The minimum Gasteiger partial charge on any atom is -0.322 e. The first-order valence-corrected chi connectivity index (χ1v) is 6.68. The summed E-state index contributed by atoms with van der Waals surface area (Å²) in [4.78, 5) is 12.3. The maximum atomic E-state index is 12.3. The minimum atomic E-state index is -0.389. The van der Waals surface area contributed by atoms with Crippen LogP contribution in [0.4, 0.5) is 5.69 Å². The molecule has 1 fully saturated rings. The summed E-state index contributed by atoms with van der Waals surface area (Å²) in [6.07, 6.45) is 6.37. The molecule has 100 valence electrons. The number of aromatic nitrogens is 2. The molecular weight excluding hydrogens is 228 g/mol. The predicted octanol–water partition coefficient (Wildman–Crippen LogP) is 1.93. The third-order valence-corrected chi connectivity index (χ3v) is 3.67. The number of nitrogens with one attached hydrogen (secondary N) is 2. The van der Waals surface area contributed by atoms with Crippen LogP contribution >= 0.6 is 0 Å². The maximum absolute atomic E-state index is 12.3. The molecule has 1 aliphatic heterocycles. The number of rotatable bonds is 4. The molecule has 1 amide bonds. The van der Waals surface area contributed by atoms with E-state index in [-0.39, 0.29) is 11.4 Å². The first-order chi connectivity index (χ1) is 8.57. The Morgan fingerprint density at radius 3 is 2.94 bits per heavy atom. The van der Waals surface area contributed by atoms with E-state index in [0.717, 1.165) is 31.5 Å². The Balaban J connectivity index is 2.06. The summed E-state index contributed by atoms with van der Waals surface area (Å²) in [6, 6.07) is 0.306. The first-order valence-electron chi connectivity index (χ1n) is 6.68.